The minimum absolute atomic E-state index is 0.0921. The Morgan fingerprint density at radius 2 is 1.72 bits per heavy atom. The summed E-state index contributed by atoms with van der Waals surface area (Å²) >= 11 is 2.88. The second-order valence-electron chi connectivity index (χ2n) is 8.08. The summed E-state index contributed by atoms with van der Waals surface area (Å²) in [6.07, 6.45) is 0.651. The first-order valence-electron chi connectivity index (χ1n) is 11.9. The second kappa shape index (κ2) is 11.0. The molecule has 0 bridgehead atoms. The lowest BCUT2D eigenvalue weighted by molar-refractivity contribution is -0.115. The van der Waals surface area contributed by atoms with Crippen molar-refractivity contribution in [2.24, 2.45) is 0 Å². The van der Waals surface area contributed by atoms with Gasteiger partial charge in [-0.3, -0.25) is 4.79 Å². The molecule has 5 rings (SSSR count). The first-order valence-corrected chi connectivity index (χ1v) is 13.6. The van der Waals surface area contributed by atoms with Crippen molar-refractivity contribution in [3.8, 4) is 28.3 Å². The lowest BCUT2D eigenvalue weighted by atomic mass is 10.1. The van der Waals surface area contributed by atoms with Crippen LogP contribution in [0.15, 0.2) is 84.0 Å². The van der Waals surface area contributed by atoms with Crippen LogP contribution < -0.4 is 10.1 Å². The molecule has 2 heterocycles. The van der Waals surface area contributed by atoms with Gasteiger partial charge in [0.2, 0.25) is 5.91 Å². The Kier molecular flexibility index (Phi) is 7.34. The quantitative estimate of drug-likeness (QED) is 0.202. The smallest absolute Gasteiger partial charge is 0.239 e. The highest BCUT2D eigenvalue weighted by Crippen LogP contribution is 2.35. The highest BCUT2D eigenvalue weighted by atomic mass is 32.2. The van der Waals surface area contributed by atoms with Crippen LogP contribution in [0.2, 0.25) is 0 Å². The molecule has 0 saturated carbocycles. The van der Waals surface area contributed by atoms with Gasteiger partial charge in [-0.25, -0.2) is 9.97 Å². The third-order valence-corrected chi connectivity index (χ3v) is 7.79. The van der Waals surface area contributed by atoms with Gasteiger partial charge in [0.1, 0.15) is 5.75 Å². The second-order valence-corrected chi connectivity index (χ2v) is 10.3. The number of hydrogen-bond donors (Lipinski definition) is 2. The van der Waals surface area contributed by atoms with Gasteiger partial charge in [-0.2, -0.15) is 0 Å². The molecule has 0 saturated heterocycles. The molecule has 182 valence electrons. The molecule has 36 heavy (non-hydrogen) atoms. The zero-order valence-corrected chi connectivity index (χ0v) is 21.7. The average Bonchev–Trinajstić information content (AvgIpc) is 3.52. The summed E-state index contributed by atoms with van der Waals surface area (Å²) in [7, 11) is 0. The van der Waals surface area contributed by atoms with Gasteiger partial charge in [0.15, 0.2) is 10.3 Å². The third kappa shape index (κ3) is 5.29. The molecule has 2 aromatic heterocycles. The number of nitrogens with zero attached hydrogens (tertiary/aromatic N) is 2. The van der Waals surface area contributed by atoms with E-state index in [1.165, 1.54) is 23.1 Å². The first-order chi connectivity index (χ1) is 17.6. The highest BCUT2D eigenvalue weighted by molar-refractivity contribution is 8.00. The molecule has 5 aromatic rings. The molecule has 0 aliphatic rings. The Labute approximate surface area is 218 Å². The predicted octanol–water partition coefficient (Wildman–Crippen LogP) is 7.26. The summed E-state index contributed by atoms with van der Waals surface area (Å²) in [6, 6.07) is 26.0. The summed E-state index contributed by atoms with van der Waals surface area (Å²) in [5.41, 5.74) is 4.73. The number of thioether (sulfide) groups is 1. The van der Waals surface area contributed by atoms with E-state index < -0.39 is 0 Å². The Balaban J connectivity index is 1.37. The Morgan fingerprint density at radius 3 is 2.42 bits per heavy atom. The lowest BCUT2D eigenvalue weighted by Crippen LogP contribution is -2.24. The van der Waals surface area contributed by atoms with Crippen molar-refractivity contribution in [1.29, 1.82) is 0 Å². The Morgan fingerprint density at radius 1 is 1.00 bits per heavy atom. The molecule has 1 atom stereocenters. The van der Waals surface area contributed by atoms with E-state index in [4.69, 9.17) is 9.72 Å². The molecule has 3 aromatic carbocycles. The van der Waals surface area contributed by atoms with Gasteiger partial charge in [0.05, 0.1) is 33.5 Å². The average molecular weight is 515 g/mol. The monoisotopic (exact) mass is 514 g/mol. The van der Waals surface area contributed by atoms with Gasteiger partial charge < -0.3 is 15.0 Å². The molecule has 1 unspecified atom stereocenters. The summed E-state index contributed by atoms with van der Waals surface area (Å²) in [6.45, 7) is 4.56. The number of anilines is 1. The minimum Gasteiger partial charge on any atom is -0.494 e. The SMILES string of the molecule is CCOc1ccc2nc(NC(=O)C(CC)Sc3nc(-c4ccccc4)c(-c4ccccc4)[nH]3)sc2c1. The van der Waals surface area contributed by atoms with Crippen LogP contribution in [0.25, 0.3) is 32.7 Å². The molecule has 0 fully saturated rings. The van der Waals surface area contributed by atoms with E-state index in [9.17, 15) is 4.79 Å². The number of ether oxygens (including phenoxy) is 1. The lowest BCUT2D eigenvalue weighted by Gasteiger charge is -2.11. The van der Waals surface area contributed by atoms with Gasteiger partial charge in [-0.05, 0) is 31.5 Å². The number of carbonyl (C=O) groups excluding carboxylic acids is 1. The minimum atomic E-state index is -0.325. The fourth-order valence-corrected chi connectivity index (χ4v) is 5.69. The van der Waals surface area contributed by atoms with E-state index in [1.54, 1.807) is 0 Å². The Hall–Kier alpha value is -3.62. The van der Waals surface area contributed by atoms with Crippen LogP contribution in [-0.4, -0.2) is 32.7 Å². The van der Waals surface area contributed by atoms with Gasteiger partial charge >= 0.3 is 0 Å². The molecule has 2 N–H and O–H groups in total. The van der Waals surface area contributed by atoms with Crippen LogP contribution in [0, 0.1) is 0 Å². The topological polar surface area (TPSA) is 79.9 Å². The number of H-pyrrole nitrogens is 1. The van der Waals surface area contributed by atoms with Crippen LogP contribution in [0.5, 0.6) is 5.75 Å². The first kappa shape index (κ1) is 24.1. The number of aromatic nitrogens is 3. The van der Waals surface area contributed by atoms with Crippen LogP contribution in [0.4, 0.5) is 5.13 Å². The molecular formula is C28H26N4O2S2. The largest absolute Gasteiger partial charge is 0.494 e. The maximum atomic E-state index is 13.2. The van der Waals surface area contributed by atoms with Crippen molar-refractivity contribution < 1.29 is 9.53 Å². The molecule has 0 aliphatic carbocycles. The molecular weight excluding hydrogens is 488 g/mol. The summed E-state index contributed by atoms with van der Waals surface area (Å²) in [4.78, 5) is 26.1. The number of carbonyl (C=O) groups is 1. The van der Waals surface area contributed by atoms with E-state index in [2.05, 4.69) is 27.4 Å². The van der Waals surface area contributed by atoms with Crippen molar-refractivity contribution in [2.75, 3.05) is 11.9 Å². The molecule has 8 heteroatoms. The van der Waals surface area contributed by atoms with Gasteiger partial charge in [0, 0.05) is 11.1 Å². The fourth-order valence-electron chi connectivity index (χ4n) is 3.88. The van der Waals surface area contributed by atoms with Crippen molar-refractivity contribution in [1.82, 2.24) is 15.0 Å². The molecule has 0 aliphatic heterocycles. The van der Waals surface area contributed by atoms with E-state index in [0.29, 0.717) is 23.3 Å². The van der Waals surface area contributed by atoms with Crippen LogP contribution in [0.3, 0.4) is 0 Å². The normalized spacial score (nSPS) is 11.9. The number of aromatic amines is 1. The predicted molar refractivity (Wildman–Crippen MR) is 149 cm³/mol. The highest BCUT2D eigenvalue weighted by Gasteiger charge is 2.23. The summed E-state index contributed by atoms with van der Waals surface area (Å²) < 4.78 is 6.55. The van der Waals surface area contributed by atoms with Crippen LogP contribution >= 0.6 is 23.1 Å². The fraction of sp³-hybridized carbons (Fsp3) is 0.179. The number of rotatable bonds is 9. The van der Waals surface area contributed by atoms with Crippen molar-refractivity contribution in [3.63, 3.8) is 0 Å². The van der Waals surface area contributed by atoms with Crippen LogP contribution in [0.1, 0.15) is 20.3 Å². The van der Waals surface area contributed by atoms with Crippen molar-refractivity contribution in [3.05, 3.63) is 78.9 Å². The van der Waals surface area contributed by atoms with Gasteiger partial charge in [-0.15, -0.1) is 0 Å². The van der Waals surface area contributed by atoms with Gasteiger partial charge in [0.25, 0.3) is 0 Å². The number of imidazole rings is 1. The third-order valence-electron chi connectivity index (χ3n) is 5.61. The molecule has 6 nitrogen and oxygen atoms in total. The van der Waals surface area contributed by atoms with Crippen LogP contribution in [-0.2, 0) is 4.79 Å². The van der Waals surface area contributed by atoms with E-state index >= 15 is 0 Å². The molecule has 0 radical (unpaired) electrons. The number of hydrogen-bond acceptors (Lipinski definition) is 6. The standard InChI is InChI=1S/C28H26N4O2S2/c1-3-22(26(33)32-27-29-21-16-15-20(34-4-2)17-23(21)36-27)35-28-30-24(18-11-7-5-8-12-18)25(31-28)19-13-9-6-10-14-19/h5-17,22H,3-4H2,1-2H3,(H,30,31)(H,29,32,33). The maximum absolute atomic E-state index is 13.2. The zero-order chi connectivity index (χ0) is 24.9. The summed E-state index contributed by atoms with van der Waals surface area (Å²) in [5.74, 6) is 0.709. The Bertz CT molecular complexity index is 1410. The zero-order valence-electron chi connectivity index (χ0n) is 20.0. The van der Waals surface area contributed by atoms with E-state index in [-0.39, 0.29) is 11.2 Å². The number of thiazole rings is 1. The number of fused-ring (bicyclic) bond motifs is 1. The molecule has 1 amide bonds. The van der Waals surface area contributed by atoms with Crippen molar-refractivity contribution >= 4 is 44.4 Å². The van der Waals surface area contributed by atoms with Crippen molar-refractivity contribution in [2.45, 2.75) is 30.7 Å². The number of nitrogens with one attached hydrogen (secondary N) is 2. The van der Waals surface area contributed by atoms with E-state index in [0.717, 1.165) is 38.5 Å². The van der Waals surface area contributed by atoms with E-state index in [1.807, 2.05) is 80.6 Å². The summed E-state index contributed by atoms with van der Waals surface area (Å²) in [5, 5.41) is 3.97. The number of benzene rings is 3. The molecule has 0 spiro atoms. The number of amides is 1. The van der Waals surface area contributed by atoms with Gasteiger partial charge in [-0.1, -0.05) is 90.7 Å². The maximum Gasteiger partial charge on any atom is 0.239 e.